The molecule has 0 N–H and O–H groups in total. The van der Waals surface area contributed by atoms with Gasteiger partial charge in [0.25, 0.3) is 0 Å². The summed E-state index contributed by atoms with van der Waals surface area (Å²) in [6, 6.07) is 1.58. The van der Waals surface area contributed by atoms with Crippen molar-refractivity contribution < 1.29 is 18.3 Å². The number of ether oxygens (including phenoxy) is 2. The van der Waals surface area contributed by atoms with E-state index in [2.05, 4.69) is 6.92 Å². The maximum Gasteiger partial charge on any atom is 0.204 e. The van der Waals surface area contributed by atoms with Crippen LogP contribution in [0.4, 0.5) is 8.78 Å². The first-order valence-corrected chi connectivity index (χ1v) is 17.7. The molecule has 3 fully saturated rings. The molecule has 0 spiro atoms. The lowest BCUT2D eigenvalue weighted by Crippen LogP contribution is -2.28. The molecule has 3 aliphatic rings. The molecule has 0 radical (unpaired) electrons. The summed E-state index contributed by atoms with van der Waals surface area (Å²) in [7, 11) is 0. The first kappa shape index (κ1) is 32.6. The van der Waals surface area contributed by atoms with E-state index < -0.39 is 11.6 Å². The lowest BCUT2D eigenvalue weighted by molar-refractivity contribution is 0.117. The Morgan fingerprint density at radius 3 is 1.68 bits per heavy atom. The highest BCUT2D eigenvalue weighted by Gasteiger charge is 2.32. The Kier molecular flexibility index (Phi) is 13.6. The third-order valence-corrected chi connectivity index (χ3v) is 11.1. The number of benzene rings is 1. The molecule has 0 atom stereocenters. The van der Waals surface area contributed by atoms with E-state index in [1.165, 1.54) is 103 Å². The maximum atomic E-state index is 14.8. The standard InChI is InChI=1S/C37H60F2O2/c1-4-6-8-9-28-10-12-29(13-11-28)14-15-30-16-20-32(21-17-30)33-22-18-31(19-23-33)26-41-37-27(3)25-34(35(38)36(37)39)40-24-7-5-2/h25,28-33H,4-24,26H2,1-3H3. The average molecular weight is 575 g/mol. The molecule has 0 bridgehead atoms. The van der Waals surface area contributed by atoms with Gasteiger partial charge in [0.2, 0.25) is 11.6 Å². The van der Waals surface area contributed by atoms with Crippen molar-refractivity contribution in [2.45, 2.75) is 149 Å². The summed E-state index contributed by atoms with van der Waals surface area (Å²) < 4.78 is 40.7. The third kappa shape index (κ3) is 9.85. The fourth-order valence-electron chi connectivity index (χ4n) is 8.25. The fraction of sp³-hybridized carbons (Fsp3) is 0.838. The summed E-state index contributed by atoms with van der Waals surface area (Å²) in [5, 5.41) is 0. The van der Waals surface area contributed by atoms with Crippen LogP contribution < -0.4 is 9.47 Å². The predicted molar refractivity (Wildman–Crippen MR) is 167 cm³/mol. The highest BCUT2D eigenvalue weighted by atomic mass is 19.2. The average Bonchev–Trinajstić information content (AvgIpc) is 3.00. The van der Waals surface area contributed by atoms with E-state index in [1.54, 1.807) is 13.0 Å². The van der Waals surface area contributed by atoms with Crippen molar-refractivity contribution in [3.05, 3.63) is 23.3 Å². The van der Waals surface area contributed by atoms with Crippen molar-refractivity contribution in [2.24, 2.45) is 35.5 Å². The second-order valence-corrected chi connectivity index (χ2v) is 14.2. The summed E-state index contributed by atoms with van der Waals surface area (Å²) in [5.41, 5.74) is 0.607. The van der Waals surface area contributed by atoms with E-state index in [1.807, 2.05) is 6.92 Å². The van der Waals surface area contributed by atoms with E-state index >= 15 is 0 Å². The Morgan fingerprint density at radius 1 is 0.610 bits per heavy atom. The number of hydrogen-bond acceptors (Lipinski definition) is 2. The first-order valence-electron chi connectivity index (χ1n) is 17.7. The zero-order valence-corrected chi connectivity index (χ0v) is 26.7. The van der Waals surface area contributed by atoms with Crippen LogP contribution in [0.15, 0.2) is 6.07 Å². The second kappa shape index (κ2) is 17.1. The van der Waals surface area contributed by atoms with Crippen LogP contribution in [0.2, 0.25) is 0 Å². The van der Waals surface area contributed by atoms with Crippen LogP contribution in [0.25, 0.3) is 0 Å². The Hall–Kier alpha value is -1.32. The van der Waals surface area contributed by atoms with Gasteiger partial charge in [-0.05, 0) is 99.0 Å². The van der Waals surface area contributed by atoms with Gasteiger partial charge in [-0.15, -0.1) is 0 Å². The Bertz CT molecular complexity index is 877. The molecule has 0 saturated heterocycles. The minimum Gasteiger partial charge on any atom is -0.490 e. The highest BCUT2D eigenvalue weighted by molar-refractivity contribution is 5.42. The van der Waals surface area contributed by atoms with Gasteiger partial charge in [-0.3, -0.25) is 0 Å². The zero-order valence-electron chi connectivity index (χ0n) is 26.7. The minimum atomic E-state index is -0.925. The van der Waals surface area contributed by atoms with Crippen molar-refractivity contribution in [3.63, 3.8) is 0 Å². The molecular weight excluding hydrogens is 514 g/mol. The van der Waals surface area contributed by atoms with Crippen LogP contribution in [-0.2, 0) is 0 Å². The third-order valence-electron chi connectivity index (χ3n) is 11.1. The summed E-state index contributed by atoms with van der Waals surface area (Å²) in [5.74, 6) is 3.44. The molecule has 3 aliphatic carbocycles. The predicted octanol–water partition coefficient (Wildman–Crippen LogP) is 11.6. The maximum absolute atomic E-state index is 14.8. The smallest absolute Gasteiger partial charge is 0.204 e. The molecule has 1 aromatic carbocycles. The van der Waals surface area contributed by atoms with Gasteiger partial charge in [-0.1, -0.05) is 97.3 Å². The topological polar surface area (TPSA) is 18.5 Å². The fourth-order valence-corrected chi connectivity index (χ4v) is 8.25. The van der Waals surface area contributed by atoms with Gasteiger partial charge in [-0.2, -0.15) is 8.78 Å². The van der Waals surface area contributed by atoms with E-state index in [-0.39, 0.29) is 11.5 Å². The van der Waals surface area contributed by atoms with Gasteiger partial charge in [-0.25, -0.2) is 0 Å². The summed E-state index contributed by atoms with van der Waals surface area (Å²) in [6.45, 7) is 7.01. The van der Waals surface area contributed by atoms with E-state index in [0.717, 1.165) is 55.3 Å². The van der Waals surface area contributed by atoms with Gasteiger partial charge in [0.1, 0.15) is 0 Å². The van der Waals surface area contributed by atoms with Crippen molar-refractivity contribution in [3.8, 4) is 11.5 Å². The number of halogens is 2. The van der Waals surface area contributed by atoms with E-state index in [4.69, 9.17) is 9.47 Å². The summed E-state index contributed by atoms with van der Waals surface area (Å²) >= 11 is 0. The van der Waals surface area contributed by atoms with Crippen LogP contribution in [0.3, 0.4) is 0 Å². The van der Waals surface area contributed by atoms with Gasteiger partial charge >= 0.3 is 0 Å². The lowest BCUT2D eigenvalue weighted by Gasteiger charge is -2.38. The molecule has 0 aliphatic heterocycles. The van der Waals surface area contributed by atoms with Crippen LogP contribution in [0.1, 0.15) is 148 Å². The second-order valence-electron chi connectivity index (χ2n) is 14.2. The molecular formula is C37H60F2O2. The zero-order chi connectivity index (χ0) is 29.0. The minimum absolute atomic E-state index is 0.00341. The molecule has 2 nitrogen and oxygen atoms in total. The summed E-state index contributed by atoms with van der Waals surface area (Å²) in [6.07, 6.45) is 27.0. The number of rotatable bonds is 15. The summed E-state index contributed by atoms with van der Waals surface area (Å²) in [4.78, 5) is 0. The van der Waals surface area contributed by atoms with Crippen molar-refractivity contribution in [1.29, 1.82) is 0 Å². The normalized spacial score (nSPS) is 28.9. The highest BCUT2D eigenvalue weighted by Crippen LogP contribution is 2.44. The number of aryl methyl sites for hydroxylation is 1. The van der Waals surface area contributed by atoms with Gasteiger partial charge in [0, 0.05) is 0 Å². The molecule has 0 amide bonds. The van der Waals surface area contributed by atoms with Gasteiger partial charge < -0.3 is 9.47 Å². The molecule has 41 heavy (non-hydrogen) atoms. The van der Waals surface area contributed by atoms with Crippen molar-refractivity contribution in [2.75, 3.05) is 13.2 Å². The quantitative estimate of drug-likeness (QED) is 0.194. The Balaban J connectivity index is 1.10. The molecule has 1 aromatic rings. The van der Waals surface area contributed by atoms with Crippen molar-refractivity contribution >= 4 is 0 Å². The largest absolute Gasteiger partial charge is 0.490 e. The van der Waals surface area contributed by atoms with Crippen molar-refractivity contribution in [1.82, 2.24) is 0 Å². The van der Waals surface area contributed by atoms with Gasteiger partial charge in [0.05, 0.1) is 13.2 Å². The van der Waals surface area contributed by atoms with Gasteiger partial charge in [0.15, 0.2) is 11.5 Å². The van der Waals surface area contributed by atoms with Crippen LogP contribution in [0, 0.1) is 54.1 Å². The van der Waals surface area contributed by atoms with Crippen LogP contribution in [-0.4, -0.2) is 13.2 Å². The Morgan fingerprint density at radius 2 is 1.12 bits per heavy atom. The molecule has 0 heterocycles. The monoisotopic (exact) mass is 574 g/mol. The van der Waals surface area contributed by atoms with Crippen LogP contribution in [0.5, 0.6) is 11.5 Å². The molecule has 234 valence electrons. The number of hydrogen-bond donors (Lipinski definition) is 0. The molecule has 3 saturated carbocycles. The van der Waals surface area contributed by atoms with E-state index in [0.29, 0.717) is 24.7 Å². The van der Waals surface area contributed by atoms with Crippen LogP contribution >= 0.6 is 0 Å². The van der Waals surface area contributed by atoms with E-state index in [9.17, 15) is 8.78 Å². The molecule has 4 rings (SSSR count). The molecule has 4 heteroatoms. The lowest BCUT2D eigenvalue weighted by atomic mass is 9.68. The number of unbranched alkanes of at least 4 members (excludes halogenated alkanes) is 3. The SMILES string of the molecule is CCCCCC1CCC(CCC2CCC(C3CCC(COc4c(C)cc(OCCCC)c(F)c4F)CC3)CC2)CC1. The molecule has 0 unspecified atom stereocenters. The first-order chi connectivity index (χ1) is 20.0. The Labute approximate surface area is 250 Å². The molecule has 0 aromatic heterocycles.